The summed E-state index contributed by atoms with van der Waals surface area (Å²) in [6.45, 7) is 3.99. The van der Waals surface area contributed by atoms with Crippen LogP contribution in [0.4, 0.5) is 4.39 Å². The van der Waals surface area contributed by atoms with Gasteiger partial charge in [-0.2, -0.15) is 0 Å². The van der Waals surface area contributed by atoms with Crippen LogP contribution in [0.3, 0.4) is 0 Å². The fourth-order valence-corrected chi connectivity index (χ4v) is 6.72. The van der Waals surface area contributed by atoms with Gasteiger partial charge in [0, 0.05) is 35.1 Å². The fourth-order valence-electron chi connectivity index (χ4n) is 6.72. The molecule has 154 valence electrons. The minimum atomic E-state index is -0.686. The number of carbonyl (C=O) groups is 2. The number of carboxylic acids is 1. The van der Waals surface area contributed by atoms with E-state index in [1.807, 2.05) is 18.7 Å². The highest BCUT2D eigenvalue weighted by molar-refractivity contribution is 5.87. The molecule has 6 heteroatoms. The second-order valence-corrected chi connectivity index (χ2v) is 9.60. The number of hydrogen-bond acceptors (Lipinski definition) is 2. The first-order valence-corrected chi connectivity index (χ1v) is 10.6. The molecule has 1 amide bonds. The highest BCUT2D eigenvalue weighted by atomic mass is 19.1. The van der Waals surface area contributed by atoms with Crippen molar-refractivity contribution in [2.75, 3.05) is 0 Å². The van der Waals surface area contributed by atoms with Gasteiger partial charge in [-0.25, -0.2) is 4.39 Å². The molecule has 2 saturated heterocycles. The minimum Gasteiger partial charge on any atom is -0.481 e. The van der Waals surface area contributed by atoms with Gasteiger partial charge >= 0.3 is 5.97 Å². The normalized spacial score (nSPS) is 31.4. The van der Waals surface area contributed by atoms with E-state index in [9.17, 15) is 19.1 Å². The fraction of sp³-hybridized carbons (Fsp3) is 0.565. The summed E-state index contributed by atoms with van der Waals surface area (Å²) < 4.78 is 13.8. The number of amides is 1. The number of rotatable bonds is 4. The van der Waals surface area contributed by atoms with Gasteiger partial charge in [-0.15, -0.1) is 0 Å². The van der Waals surface area contributed by atoms with E-state index in [4.69, 9.17) is 0 Å². The molecule has 6 rings (SSSR count). The zero-order chi connectivity index (χ0) is 20.5. The molecule has 2 aliphatic heterocycles. The molecule has 1 aromatic heterocycles. The summed E-state index contributed by atoms with van der Waals surface area (Å²) in [5.74, 6) is -0.460. The van der Waals surface area contributed by atoms with Gasteiger partial charge < -0.3 is 15.0 Å². The van der Waals surface area contributed by atoms with Crippen molar-refractivity contribution in [1.82, 2.24) is 9.88 Å². The van der Waals surface area contributed by atoms with E-state index >= 15 is 0 Å². The van der Waals surface area contributed by atoms with Crippen LogP contribution in [-0.4, -0.2) is 39.0 Å². The maximum Gasteiger partial charge on any atom is 0.309 e. The van der Waals surface area contributed by atoms with Gasteiger partial charge in [0.1, 0.15) is 5.82 Å². The number of carboxylic acid groups (broad SMARTS) is 1. The Labute approximate surface area is 169 Å². The van der Waals surface area contributed by atoms with Gasteiger partial charge in [0.15, 0.2) is 0 Å². The third kappa shape index (κ3) is 2.79. The maximum atomic E-state index is 13.8. The van der Waals surface area contributed by atoms with Gasteiger partial charge in [0.2, 0.25) is 5.91 Å². The second kappa shape index (κ2) is 6.31. The molecule has 0 radical (unpaired) electrons. The summed E-state index contributed by atoms with van der Waals surface area (Å²) in [6, 6.07) is 4.82. The van der Waals surface area contributed by atoms with Crippen LogP contribution in [0.15, 0.2) is 18.2 Å². The highest BCUT2D eigenvalue weighted by Gasteiger charge is 2.58. The molecular formula is C23H27FN2O3. The molecule has 4 fully saturated rings. The van der Waals surface area contributed by atoms with E-state index in [2.05, 4.69) is 4.98 Å². The van der Waals surface area contributed by atoms with Crippen molar-refractivity contribution >= 4 is 22.8 Å². The molecule has 29 heavy (non-hydrogen) atoms. The topological polar surface area (TPSA) is 73.4 Å². The van der Waals surface area contributed by atoms with Gasteiger partial charge in [-0.3, -0.25) is 9.59 Å². The lowest BCUT2D eigenvalue weighted by Gasteiger charge is -2.60. The number of aromatic nitrogens is 1. The average molecular weight is 398 g/mol. The lowest BCUT2D eigenvalue weighted by atomic mass is 9.55. The number of halogens is 1. The Kier molecular flexibility index (Phi) is 4.06. The Hall–Kier alpha value is -2.37. The number of nitrogens with one attached hydrogen (secondary N) is 1. The summed E-state index contributed by atoms with van der Waals surface area (Å²) in [5.41, 5.74) is 2.23. The number of benzene rings is 1. The van der Waals surface area contributed by atoms with Crippen LogP contribution < -0.4 is 0 Å². The molecule has 1 aromatic carbocycles. The molecule has 2 aliphatic carbocycles. The van der Waals surface area contributed by atoms with Crippen LogP contribution in [0, 0.1) is 24.1 Å². The third-order valence-corrected chi connectivity index (χ3v) is 7.64. The molecule has 3 atom stereocenters. The van der Waals surface area contributed by atoms with Gasteiger partial charge in [-0.1, -0.05) is 6.92 Å². The molecule has 0 spiro atoms. The SMILES string of the molecule is Cc1[nH]c2ccc(F)cc2c1C(C)CC(=O)N1C2CC3CC1CC(C(=O)O)(C3)C2. The van der Waals surface area contributed by atoms with Crippen LogP contribution >= 0.6 is 0 Å². The second-order valence-electron chi connectivity index (χ2n) is 9.60. The summed E-state index contributed by atoms with van der Waals surface area (Å²) in [5, 5.41) is 10.6. The Morgan fingerprint density at radius 1 is 1.28 bits per heavy atom. The van der Waals surface area contributed by atoms with Gasteiger partial charge in [0.05, 0.1) is 5.41 Å². The van der Waals surface area contributed by atoms with Gasteiger partial charge in [-0.05, 0) is 74.6 Å². The van der Waals surface area contributed by atoms with Crippen LogP contribution in [0.2, 0.25) is 0 Å². The highest BCUT2D eigenvalue weighted by Crippen LogP contribution is 2.56. The largest absolute Gasteiger partial charge is 0.481 e. The predicted molar refractivity (Wildman–Crippen MR) is 107 cm³/mol. The van der Waals surface area contributed by atoms with E-state index in [1.54, 1.807) is 6.07 Å². The van der Waals surface area contributed by atoms with E-state index in [1.165, 1.54) is 12.1 Å². The van der Waals surface area contributed by atoms with Crippen LogP contribution in [-0.2, 0) is 9.59 Å². The summed E-state index contributed by atoms with van der Waals surface area (Å²) in [6.07, 6.45) is 4.18. The van der Waals surface area contributed by atoms with Crippen molar-refractivity contribution < 1.29 is 19.1 Å². The Balaban J connectivity index is 1.39. The number of carbonyl (C=O) groups excluding carboxylic acids is 1. The molecular weight excluding hydrogens is 371 g/mol. The standard InChI is InChI=1S/C23H27FN2O3/c1-12(21-13(2)25-19-4-3-15(24)8-18(19)21)5-20(27)26-16-6-14-7-17(26)11-23(9-14,10-16)22(28)29/h3-4,8,12,14,16-17,25H,5-7,9-11H2,1-2H3,(H,28,29). The maximum absolute atomic E-state index is 13.8. The Morgan fingerprint density at radius 2 is 1.97 bits per heavy atom. The number of aliphatic carboxylic acids is 1. The number of piperidine rings is 2. The molecule has 5 nitrogen and oxygen atoms in total. The molecule has 3 unspecified atom stereocenters. The zero-order valence-corrected chi connectivity index (χ0v) is 16.9. The van der Waals surface area contributed by atoms with Crippen LogP contribution in [0.5, 0.6) is 0 Å². The van der Waals surface area contributed by atoms with E-state index in [0.29, 0.717) is 25.2 Å². The molecule has 4 bridgehead atoms. The van der Waals surface area contributed by atoms with Crippen molar-refractivity contribution in [2.24, 2.45) is 11.3 Å². The molecule has 4 aliphatic rings. The summed E-state index contributed by atoms with van der Waals surface area (Å²) in [4.78, 5) is 30.5. The predicted octanol–water partition coefficient (Wildman–Crippen LogP) is 4.35. The summed E-state index contributed by atoms with van der Waals surface area (Å²) in [7, 11) is 0. The average Bonchev–Trinajstić information content (AvgIpc) is 2.95. The third-order valence-electron chi connectivity index (χ3n) is 7.64. The molecule has 3 heterocycles. The quantitative estimate of drug-likeness (QED) is 0.804. The van der Waals surface area contributed by atoms with Crippen LogP contribution in [0.25, 0.3) is 10.9 Å². The first-order valence-electron chi connectivity index (χ1n) is 10.6. The number of H-pyrrole nitrogens is 1. The van der Waals surface area contributed by atoms with Crippen molar-refractivity contribution in [3.63, 3.8) is 0 Å². The molecule has 2 aromatic rings. The lowest BCUT2D eigenvalue weighted by molar-refractivity contribution is -0.178. The molecule has 2 saturated carbocycles. The van der Waals surface area contributed by atoms with Crippen molar-refractivity contribution in [1.29, 1.82) is 0 Å². The monoisotopic (exact) mass is 398 g/mol. The first kappa shape index (κ1) is 18.6. The number of nitrogens with zero attached hydrogens (tertiary/aromatic N) is 1. The van der Waals surface area contributed by atoms with Crippen molar-refractivity contribution in [3.05, 3.63) is 35.3 Å². The number of aromatic amines is 1. The summed E-state index contributed by atoms with van der Waals surface area (Å²) >= 11 is 0. The first-order chi connectivity index (χ1) is 13.8. The number of fused-ring (bicyclic) bond motifs is 1. The molecule has 2 N–H and O–H groups in total. The zero-order valence-electron chi connectivity index (χ0n) is 16.9. The number of aryl methyl sites for hydroxylation is 1. The smallest absolute Gasteiger partial charge is 0.309 e. The lowest BCUT2D eigenvalue weighted by Crippen LogP contribution is -2.65. The van der Waals surface area contributed by atoms with Gasteiger partial charge in [0.25, 0.3) is 0 Å². The van der Waals surface area contributed by atoms with Crippen molar-refractivity contribution in [2.45, 2.75) is 70.4 Å². The Morgan fingerprint density at radius 3 is 2.62 bits per heavy atom. The minimum absolute atomic E-state index is 0.0383. The van der Waals surface area contributed by atoms with E-state index in [-0.39, 0.29) is 29.7 Å². The number of hydrogen-bond donors (Lipinski definition) is 2. The van der Waals surface area contributed by atoms with E-state index in [0.717, 1.165) is 41.4 Å². The van der Waals surface area contributed by atoms with Crippen LogP contribution in [0.1, 0.15) is 62.6 Å². The Bertz CT molecular complexity index is 997. The van der Waals surface area contributed by atoms with E-state index < -0.39 is 11.4 Å². The van der Waals surface area contributed by atoms with Crippen molar-refractivity contribution in [3.8, 4) is 0 Å².